The van der Waals surface area contributed by atoms with Gasteiger partial charge in [-0.2, -0.15) is 0 Å². The maximum atomic E-state index is 12.5. The predicted octanol–water partition coefficient (Wildman–Crippen LogP) is 3.90. The molecule has 0 aliphatic carbocycles. The van der Waals surface area contributed by atoms with Gasteiger partial charge < -0.3 is 5.32 Å². The second-order valence-electron chi connectivity index (χ2n) is 6.45. The summed E-state index contributed by atoms with van der Waals surface area (Å²) in [5.41, 5.74) is 0.876. The van der Waals surface area contributed by atoms with E-state index >= 15 is 0 Å². The zero-order valence-electron chi connectivity index (χ0n) is 13.4. The molecule has 0 bridgehead atoms. The summed E-state index contributed by atoms with van der Waals surface area (Å²) in [5, 5.41) is 5.41. The van der Waals surface area contributed by atoms with Crippen molar-refractivity contribution in [1.29, 1.82) is 0 Å². The van der Waals surface area contributed by atoms with Crippen molar-refractivity contribution < 1.29 is 4.79 Å². The molecular formula is C19H24N2O. The molecule has 1 aliphatic rings. The van der Waals surface area contributed by atoms with E-state index < -0.39 is 0 Å². The number of piperidine rings is 1. The first-order chi connectivity index (χ1) is 10.6. The standard InChI is InChI=1S/C19H24N2O/c1-14-9-11-21(12-10-14)15(2)19(22)20-18-8-7-16-5-3-4-6-17(16)13-18/h3-8,13-15H,9-12H2,1-2H3,(H,20,22)/t15-/m1/s1. The predicted molar refractivity (Wildman–Crippen MR) is 92.0 cm³/mol. The molecule has 1 saturated heterocycles. The van der Waals surface area contributed by atoms with Crippen LogP contribution in [0.2, 0.25) is 0 Å². The molecule has 0 unspecified atom stereocenters. The van der Waals surface area contributed by atoms with Gasteiger partial charge in [0.2, 0.25) is 5.91 Å². The van der Waals surface area contributed by atoms with Gasteiger partial charge in [-0.15, -0.1) is 0 Å². The maximum absolute atomic E-state index is 12.5. The van der Waals surface area contributed by atoms with Crippen LogP contribution in [-0.2, 0) is 4.79 Å². The number of carbonyl (C=O) groups excluding carboxylic acids is 1. The van der Waals surface area contributed by atoms with E-state index in [-0.39, 0.29) is 11.9 Å². The summed E-state index contributed by atoms with van der Waals surface area (Å²) < 4.78 is 0. The van der Waals surface area contributed by atoms with E-state index in [9.17, 15) is 4.79 Å². The summed E-state index contributed by atoms with van der Waals surface area (Å²) in [6.45, 7) is 6.34. The number of anilines is 1. The first-order valence-corrected chi connectivity index (χ1v) is 8.17. The van der Waals surface area contributed by atoms with Gasteiger partial charge in [0, 0.05) is 5.69 Å². The van der Waals surface area contributed by atoms with Gasteiger partial charge in [-0.1, -0.05) is 37.3 Å². The highest BCUT2D eigenvalue weighted by Crippen LogP contribution is 2.21. The molecule has 2 aromatic rings. The summed E-state index contributed by atoms with van der Waals surface area (Å²) in [4.78, 5) is 14.8. The lowest BCUT2D eigenvalue weighted by atomic mass is 9.98. The number of carbonyl (C=O) groups is 1. The lowest BCUT2D eigenvalue weighted by Crippen LogP contribution is -2.45. The highest BCUT2D eigenvalue weighted by atomic mass is 16.2. The average molecular weight is 296 g/mol. The zero-order valence-corrected chi connectivity index (χ0v) is 13.4. The van der Waals surface area contributed by atoms with Gasteiger partial charge in [-0.05, 0) is 61.7 Å². The van der Waals surface area contributed by atoms with E-state index in [4.69, 9.17) is 0 Å². The Kier molecular flexibility index (Phi) is 4.44. The number of amides is 1. The monoisotopic (exact) mass is 296 g/mol. The molecule has 0 saturated carbocycles. The van der Waals surface area contributed by atoms with Crippen LogP contribution in [0, 0.1) is 5.92 Å². The highest BCUT2D eigenvalue weighted by Gasteiger charge is 2.25. The number of likely N-dealkylation sites (tertiary alicyclic amines) is 1. The van der Waals surface area contributed by atoms with Crippen LogP contribution in [0.15, 0.2) is 42.5 Å². The van der Waals surface area contributed by atoms with Crippen LogP contribution >= 0.6 is 0 Å². The third-order valence-corrected chi connectivity index (χ3v) is 4.76. The Morgan fingerprint density at radius 3 is 2.55 bits per heavy atom. The molecule has 2 aromatic carbocycles. The third kappa shape index (κ3) is 3.30. The highest BCUT2D eigenvalue weighted by molar-refractivity contribution is 5.97. The Hall–Kier alpha value is -1.87. The van der Waals surface area contributed by atoms with Gasteiger partial charge in [0.05, 0.1) is 6.04 Å². The fourth-order valence-corrected chi connectivity index (χ4v) is 3.10. The van der Waals surface area contributed by atoms with Crippen molar-refractivity contribution in [2.45, 2.75) is 32.7 Å². The zero-order chi connectivity index (χ0) is 15.5. The Balaban J connectivity index is 1.67. The lowest BCUT2D eigenvalue weighted by molar-refractivity contribution is -0.121. The second kappa shape index (κ2) is 6.49. The minimum absolute atomic E-state index is 0.0704. The van der Waals surface area contributed by atoms with E-state index in [0.717, 1.165) is 30.1 Å². The molecule has 1 amide bonds. The fraction of sp³-hybridized carbons (Fsp3) is 0.421. The second-order valence-corrected chi connectivity index (χ2v) is 6.45. The number of nitrogens with zero attached hydrogens (tertiary/aromatic N) is 1. The average Bonchev–Trinajstić information content (AvgIpc) is 2.55. The van der Waals surface area contributed by atoms with Crippen molar-refractivity contribution in [2.24, 2.45) is 5.92 Å². The van der Waals surface area contributed by atoms with Crippen molar-refractivity contribution in [3.8, 4) is 0 Å². The quantitative estimate of drug-likeness (QED) is 0.931. The number of rotatable bonds is 3. The molecule has 0 radical (unpaired) electrons. The first-order valence-electron chi connectivity index (χ1n) is 8.17. The Bertz CT molecular complexity index is 659. The minimum atomic E-state index is -0.0704. The molecule has 0 spiro atoms. The summed E-state index contributed by atoms with van der Waals surface area (Å²) in [6, 6.07) is 14.2. The Morgan fingerprint density at radius 2 is 1.82 bits per heavy atom. The van der Waals surface area contributed by atoms with Crippen molar-refractivity contribution in [1.82, 2.24) is 4.90 Å². The molecular weight excluding hydrogens is 272 g/mol. The molecule has 3 nitrogen and oxygen atoms in total. The van der Waals surface area contributed by atoms with E-state index in [1.807, 2.05) is 31.2 Å². The summed E-state index contributed by atoms with van der Waals surface area (Å²) in [6.07, 6.45) is 2.38. The van der Waals surface area contributed by atoms with Gasteiger partial charge in [0.15, 0.2) is 0 Å². The topological polar surface area (TPSA) is 32.3 Å². The number of nitrogens with one attached hydrogen (secondary N) is 1. The van der Waals surface area contributed by atoms with Gasteiger partial charge in [-0.25, -0.2) is 0 Å². The van der Waals surface area contributed by atoms with Gasteiger partial charge in [0.1, 0.15) is 0 Å². The van der Waals surface area contributed by atoms with Crippen LogP contribution in [0.1, 0.15) is 26.7 Å². The van der Waals surface area contributed by atoms with Crippen LogP contribution in [0.5, 0.6) is 0 Å². The normalized spacial score (nSPS) is 18.3. The van der Waals surface area contributed by atoms with Crippen LogP contribution in [0.25, 0.3) is 10.8 Å². The van der Waals surface area contributed by atoms with Gasteiger partial charge in [0.25, 0.3) is 0 Å². The maximum Gasteiger partial charge on any atom is 0.241 e. The number of fused-ring (bicyclic) bond motifs is 1. The molecule has 1 fully saturated rings. The van der Waals surface area contributed by atoms with Crippen molar-refractivity contribution in [2.75, 3.05) is 18.4 Å². The van der Waals surface area contributed by atoms with Crippen LogP contribution in [0.4, 0.5) is 5.69 Å². The summed E-state index contributed by atoms with van der Waals surface area (Å²) >= 11 is 0. The lowest BCUT2D eigenvalue weighted by Gasteiger charge is -2.34. The molecule has 1 N–H and O–H groups in total. The van der Waals surface area contributed by atoms with Crippen LogP contribution in [0.3, 0.4) is 0 Å². The number of benzene rings is 2. The molecule has 1 heterocycles. The largest absolute Gasteiger partial charge is 0.325 e. The van der Waals surface area contributed by atoms with Crippen molar-refractivity contribution >= 4 is 22.4 Å². The Labute approximate surface area is 132 Å². The molecule has 1 aliphatic heterocycles. The fourth-order valence-electron chi connectivity index (χ4n) is 3.10. The van der Waals surface area contributed by atoms with Crippen LogP contribution < -0.4 is 5.32 Å². The SMILES string of the molecule is CC1CCN([C@H](C)C(=O)Nc2ccc3ccccc3c2)CC1. The van der Waals surface area contributed by atoms with E-state index in [1.54, 1.807) is 0 Å². The molecule has 0 aromatic heterocycles. The van der Waals surface area contributed by atoms with Crippen LogP contribution in [-0.4, -0.2) is 29.9 Å². The first kappa shape index (κ1) is 15.0. The third-order valence-electron chi connectivity index (χ3n) is 4.76. The minimum Gasteiger partial charge on any atom is -0.325 e. The molecule has 3 rings (SSSR count). The van der Waals surface area contributed by atoms with E-state index in [1.165, 1.54) is 18.2 Å². The molecule has 22 heavy (non-hydrogen) atoms. The number of hydrogen-bond acceptors (Lipinski definition) is 2. The molecule has 3 heteroatoms. The smallest absolute Gasteiger partial charge is 0.241 e. The summed E-state index contributed by atoms with van der Waals surface area (Å²) in [5.74, 6) is 0.872. The van der Waals surface area contributed by atoms with Crippen molar-refractivity contribution in [3.63, 3.8) is 0 Å². The van der Waals surface area contributed by atoms with Crippen molar-refractivity contribution in [3.05, 3.63) is 42.5 Å². The summed E-state index contributed by atoms with van der Waals surface area (Å²) in [7, 11) is 0. The molecule has 1 atom stereocenters. The van der Waals surface area contributed by atoms with E-state index in [2.05, 4.69) is 35.3 Å². The molecule has 116 valence electrons. The number of hydrogen-bond donors (Lipinski definition) is 1. The van der Waals surface area contributed by atoms with Gasteiger partial charge >= 0.3 is 0 Å². The van der Waals surface area contributed by atoms with E-state index in [0.29, 0.717) is 0 Å². The van der Waals surface area contributed by atoms with Gasteiger partial charge in [-0.3, -0.25) is 9.69 Å². The Morgan fingerprint density at radius 1 is 1.14 bits per heavy atom.